The van der Waals surface area contributed by atoms with Crippen LogP contribution < -0.4 is 10.6 Å². The smallest absolute Gasteiger partial charge is 0.228 e. The number of nitrogens with one attached hydrogen (secondary N) is 2. The standard InChI is InChI=1S/C18H15Cl3N2O2/c1-9-13(20)3-2-4-15(9)22-17(24)11-8-12(11)18(25)23-16-7-10(19)5-6-14(16)21/h2-7,11-12H,8H2,1H3,(H,22,24)(H,23,25). The second-order valence-corrected chi connectivity index (χ2v) is 7.21. The fraction of sp³-hybridized carbons (Fsp3) is 0.222. The van der Waals surface area contributed by atoms with E-state index in [9.17, 15) is 9.59 Å². The summed E-state index contributed by atoms with van der Waals surface area (Å²) in [5.74, 6) is -1.18. The molecule has 3 rings (SSSR count). The third-order valence-electron chi connectivity index (χ3n) is 4.18. The zero-order valence-electron chi connectivity index (χ0n) is 13.3. The van der Waals surface area contributed by atoms with Crippen LogP contribution in [0.5, 0.6) is 0 Å². The molecule has 1 aliphatic carbocycles. The highest BCUT2D eigenvalue weighted by atomic mass is 35.5. The van der Waals surface area contributed by atoms with E-state index in [2.05, 4.69) is 10.6 Å². The van der Waals surface area contributed by atoms with Crippen LogP contribution in [0.3, 0.4) is 0 Å². The zero-order valence-corrected chi connectivity index (χ0v) is 15.5. The van der Waals surface area contributed by atoms with Gasteiger partial charge in [-0.15, -0.1) is 0 Å². The lowest BCUT2D eigenvalue weighted by molar-refractivity contribution is -0.122. The number of carbonyl (C=O) groups is 2. The molecule has 0 aliphatic heterocycles. The Bertz CT molecular complexity index is 834. The first-order valence-corrected chi connectivity index (χ1v) is 8.82. The van der Waals surface area contributed by atoms with Gasteiger partial charge in [0.25, 0.3) is 0 Å². The van der Waals surface area contributed by atoms with Gasteiger partial charge in [-0.2, -0.15) is 0 Å². The number of rotatable bonds is 4. The average molecular weight is 398 g/mol. The highest BCUT2D eigenvalue weighted by molar-refractivity contribution is 6.35. The fourth-order valence-corrected chi connectivity index (χ4v) is 3.07. The van der Waals surface area contributed by atoms with Crippen LogP contribution in [-0.2, 0) is 9.59 Å². The number of hydrogen-bond donors (Lipinski definition) is 2. The van der Waals surface area contributed by atoms with Gasteiger partial charge in [-0.3, -0.25) is 9.59 Å². The molecule has 0 bridgehead atoms. The van der Waals surface area contributed by atoms with Crippen LogP contribution in [0.25, 0.3) is 0 Å². The summed E-state index contributed by atoms with van der Waals surface area (Å²) in [6.07, 6.45) is 0.496. The maximum Gasteiger partial charge on any atom is 0.228 e. The molecule has 1 fully saturated rings. The predicted molar refractivity (Wildman–Crippen MR) is 102 cm³/mol. The molecule has 0 aromatic heterocycles. The second kappa shape index (κ2) is 7.24. The summed E-state index contributed by atoms with van der Waals surface area (Å²) in [6, 6.07) is 10.1. The Morgan fingerprint density at radius 3 is 2.24 bits per heavy atom. The van der Waals surface area contributed by atoms with Gasteiger partial charge in [0.1, 0.15) is 0 Å². The lowest BCUT2D eigenvalue weighted by Crippen LogP contribution is -2.21. The Labute approximate surface area is 160 Å². The highest BCUT2D eigenvalue weighted by Gasteiger charge is 2.48. The van der Waals surface area contributed by atoms with Gasteiger partial charge in [0.15, 0.2) is 0 Å². The first-order valence-electron chi connectivity index (χ1n) is 7.68. The molecule has 130 valence electrons. The molecular formula is C18H15Cl3N2O2. The van der Waals surface area contributed by atoms with Crippen LogP contribution in [0, 0.1) is 18.8 Å². The highest BCUT2D eigenvalue weighted by Crippen LogP contribution is 2.41. The summed E-state index contributed by atoms with van der Waals surface area (Å²) >= 11 is 18.0. The monoisotopic (exact) mass is 396 g/mol. The van der Waals surface area contributed by atoms with E-state index in [0.29, 0.717) is 32.9 Å². The summed E-state index contributed by atoms with van der Waals surface area (Å²) in [5.41, 5.74) is 1.89. The summed E-state index contributed by atoms with van der Waals surface area (Å²) in [6.45, 7) is 1.83. The third kappa shape index (κ3) is 4.09. The van der Waals surface area contributed by atoms with Crippen molar-refractivity contribution >= 4 is 58.0 Å². The summed E-state index contributed by atoms with van der Waals surface area (Å²) in [7, 11) is 0. The molecule has 2 aromatic carbocycles. The maximum atomic E-state index is 12.3. The third-order valence-corrected chi connectivity index (χ3v) is 5.15. The van der Waals surface area contributed by atoms with Crippen molar-refractivity contribution in [3.05, 3.63) is 57.0 Å². The van der Waals surface area contributed by atoms with Crippen molar-refractivity contribution in [2.45, 2.75) is 13.3 Å². The van der Waals surface area contributed by atoms with E-state index >= 15 is 0 Å². The van der Waals surface area contributed by atoms with Gasteiger partial charge in [-0.05, 0) is 49.2 Å². The number of hydrogen-bond acceptors (Lipinski definition) is 2. The molecular weight excluding hydrogens is 383 g/mol. The summed E-state index contributed by atoms with van der Waals surface area (Å²) in [4.78, 5) is 24.7. The molecule has 2 aromatic rings. The molecule has 1 saturated carbocycles. The largest absolute Gasteiger partial charge is 0.326 e. The molecule has 0 saturated heterocycles. The van der Waals surface area contributed by atoms with Crippen LogP contribution in [0.15, 0.2) is 36.4 Å². The molecule has 4 nitrogen and oxygen atoms in total. The van der Waals surface area contributed by atoms with Crippen molar-refractivity contribution in [2.75, 3.05) is 10.6 Å². The van der Waals surface area contributed by atoms with Gasteiger partial charge in [-0.25, -0.2) is 0 Å². The van der Waals surface area contributed by atoms with Crippen LogP contribution in [0.4, 0.5) is 11.4 Å². The van der Waals surface area contributed by atoms with E-state index in [-0.39, 0.29) is 23.7 Å². The van der Waals surface area contributed by atoms with Crippen molar-refractivity contribution in [1.82, 2.24) is 0 Å². The van der Waals surface area contributed by atoms with Gasteiger partial charge in [-0.1, -0.05) is 40.9 Å². The van der Waals surface area contributed by atoms with Gasteiger partial charge >= 0.3 is 0 Å². The molecule has 2 N–H and O–H groups in total. The molecule has 7 heteroatoms. The number of benzene rings is 2. The van der Waals surface area contributed by atoms with Crippen molar-refractivity contribution < 1.29 is 9.59 Å². The van der Waals surface area contributed by atoms with Gasteiger partial charge in [0.2, 0.25) is 11.8 Å². The van der Waals surface area contributed by atoms with Crippen LogP contribution >= 0.6 is 34.8 Å². The second-order valence-electron chi connectivity index (χ2n) is 5.96. The lowest BCUT2D eigenvalue weighted by Gasteiger charge is -2.10. The van der Waals surface area contributed by atoms with Crippen LogP contribution in [-0.4, -0.2) is 11.8 Å². The number of halogens is 3. The summed E-state index contributed by atoms with van der Waals surface area (Å²) in [5, 5.41) is 7.01. The van der Waals surface area contributed by atoms with Crippen molar-refractivity contribution in [3.63, 3.8) is 0 Å². The molecule has 0 spiro atoms. The Morgan fingerprint density at radius 1 is 0.920 bits per heavy atom. The lowest BCUT2D eigenvalue weighted by atomic mass is 10.2. The van der Waals surface area contributed by atoms with E-state index in [1.807, 2.05) is 6.92 Å². The van der Waals surface area contributed by atoms with Crippen LogP contribution in [0.1, 0.15) is 12.0 Å². The van der Waals surface area contributed by atoms with E-state index in [4.69, 9.17) is 34.8 Å². The Hall–Kier alpha value is -1.75. The topological polar surface area (TPSA) is 58.2 Å². The van der Waals surface area contributed by atoms with Crippen molar-refractivity contribution in [2.24, 2.45) is 11.8 Å². The van der Waals surface area contributed by atoms with Gasteiger partial charge in [0, 0.05) is 15.7 Å². The molecule has 2 amide bonds. The normalized spacial score (nSPS) is 18.6. The van der Waals surface area contributed by atoms with Crippen LogP contribution in [0.2, 0.25) is 15.1 Å². The quantitative estimate of drug-likeness (QED) is 0.748. The molecule has 1 aliphatic rings. The minimum Gasteiger partial charge on any atom is -0.326 e. The van der Waals surface area contributed by atoms with Crippen molar-refractivity contribution in [3.8, 4) is 0 Å². The molecule has 0 heterocycles. The average Bonchev–Trinajstić information content (AvgIpc) is 3.36. The first-order chi connectivity index (χ1) is 11.9. The maximum absolute atomic E-state index is 12.3. The Balaban J connectivity index is 1.62. The fourth-order valence-electron chi connectivity index (χ4n) is 2.56. The molecule has 2 unspecified atom stereocenters. The number of amides is 2. The minimum atomic E-state index is -0.380. The number of anilines is 2. The summed E-state index contributed by atoms with van der Waals surface area (Å²) < 4.78 is 0. The molecule has 0 radical (unpaired) electrons. The van der Waals surface area contributed by atoms with Gasteiger partial charge < -0.3 is 10.6 Å². The first kappa shape index (κ1) is 18.1. The van der Waals surface area contributed by atoms with Gasteiger partial charge in [0.05, 0.1) is 22.5 Å². The zero-order chi connectivity index (χ0) is 18.1. The van der Waals surface area contributed by atoms with Crippen molar-refractivity contribution in [1.29, 1.82) is 0 Å². The Kier molecular flexibility index (Phi) is 5.23. The Morgan fingerprint density at radius 2 is 1.56 bits per heavy atom. The molecule has 25 heavy (non-hydrogen) atoms. The molecule has 2 atom stereocenters. The van der Waals surface area contributed by atoms with E-state index in [0.717, 1.165) is 5.56 Å². The SMILES string of the molecule is Cc1c(Cl)cccc1NC(=O)C1CC1C(=O)Nc1cc(Cl)ccc1Cl. The minimum absolute atomic E-state index is 0.192. The predicted octanol–water partition coefficient (Wildman–Crippen LogP) is 5.17. The number of carbonyl (C=O) groups excluding carboxylic acids is 2. The van der Waals surface area contributed by atoms with E-state index in [1.165, 1.54) is 0 Å². The van der Waals surface area contributed by atoms with E-state index < -0.39 is 0 Å². The van der Waals surface area contributed by atoms with E-state index in [1.54, 1.807) is 36.4 Å².